The molecule has 1 fully saturated rings. The van der Waals surface area contributed by atoms with Crippen LogP contribution in [0.4, 0.5) is 8.78 Å². The highest BCUT2D eigenvalue weighted by atomic mass is 19.1. The van der Waals surface area contributed by atoms with E-state index in [1.807, 2.05) is 0 Å². The Morgan fingerprint density at radius 2 is 1.69 bits per heavy atom. The van der Waals surface area contributed by atoms with Gasteiger partial charge >= 0.3 is 0 Å². The van der Waals surface area contributed by atoms with Crippen molar-refractivity contribution < 1.29 is 8.78 Å². The van der Waals surface area contributed by atoms with Crippen LogP contribution in [-0.2, 0) is 0 Å². The maximum atomic E-state index is 12.8. The van der Waals surface area contributed by atoms with Crippen LogP contribution in [0.25, 0.3) is 0 Å². The summed E-state index contributed by atoms with van der Waals surface area (Å²) >= 11 is 0. The molecule has 0 saturated heterocycles. The Balaban J connectivity index is 2.27. The number of hydrogen-bond donors (Lipinski definition) is 1. The molecule has 0 unspecified atom stereocenters. The molecule has 13 heavy (non-hydrogen) atoms. The number of benzene rings is 1. The zero-order valence-electron chi connectivity index (χ0n) is 7.13. The molecule has 2 rings (SSSR count). The molecule has 0 aliphatic heterocycles. The molecule has 1 aromatic rings. The van der Waals surface area contributed by atoms with E-state index < -0.39 is 11.6 Å². The molecule has 1 aliphatic rings. The Labute approximate surface area is 75.6 Å². The van der Waals surface area contributed by atoms with Crippen LogP contribution in [0, 0.1) is 17.6 Å². The van der Waals surface area contributed by atoms with Gasteiger partial charge in [0.2, 0.25) is 0 Å². The van der Waals surface area contributed by atoms with Gasteiger partial charge in [0, 0.05) is 12.1 Å². The zero-order valence-corrected chi connectivity index (χ0v) is 7.13. The zero-order chi connectivity index (χ0) is 9.42. The summed E-state index contributed by atoms with van der Waals surface area (Å²) in [4.78, 5) is 0. The lowest BCUT2D eigenvalue weighted by molar-refractivity contribution is 0.563. The Morgan fingerprint density at radius 3 is 2.15 bits per heavy atom. The summed E-state index contributed by atoms with van der Waals surface area (Å²) < 4.78 is 25.6. The molecule has 70 valence electrons. The fraction of sp³-hybridized carbons (Fsp3) is 0.400. The second-order valence-electron chi connectivity index (χ2n) is 3.57. The Morgan fingerprint density at radius 1 is 1.15 bits per heavy atom. The molecule has 0 heterocycles. The highest BCUT2D eigenvalue weighted by molar-refractivity contribution is 5.22. The normalized spacial score (nSPS) is 18.7. The summed E-state index contributed by atoms with van der Waals surface area (Å²) in [6.07, 6.45) is 2.14. The number of hydrogen-bond acceptors (Lipinski definition) is 1. The van der Waals surface area contributed by atoms with E-state index >= 15 is 0 Å². The van der Waals surface area contributed by atoms with E-state index in [0.29, 0.717) is 11.5 Å². The maximum absolute atomic E-state index is 12.8. The molecular weight excluding hydrogens is 172 g/mol. The van der Waals surface area contributed by atoms with E-state index in [1.54, 1.807) is 0 Å². The standard InChI is InChI=1S/C10H11F2N/c11-8-3-7(4-9(12)5-8)10(13)6-1-2-6/h3-6,10H,1-2,13H2/t10-/m0/s1. The summed E-state index contributed by atoms with van der Waals surface area (Å²) in [6, 6.07) is 3.28. The number of halogens is 2. The Kier molecular flexibility index (Phi) is 2.04. The summed E-state index contributed by atoms with van der Waals surface area (Å²) in [5.41, 5.74) is 6.37. The largest absolute Gasteiger partial charge is 0.324 e. The first-order valence-corrected chi connectivity index (χ1v) is 4.38. The average molecular weight is 183 g/mol. The van der Waals surface area contributed by atoms with Crippen LogP contribution in [0.3, 0.4) is 0 Å². The number of nitrogens with two attached hydrogens (primary N) is 1. The van der Waals surface area contributed by atoms with Crippen LogP contribution in [0.5, 0.6) is 0 Å². The van der Waals surface area contributed by atoms with Crippen LogP contribution >= 0.6 is 0 Å². The van der Waals surface area contributed by atoms with Crippen molar-refractivity contribution in [2.75, 3.05) is 0 Å². The minimum atomic E-state index is -0.550. The van der Waals surface area contributed by atoms with E-state index in [0.717, 1.165) is 18.9 Å². The minimum Gasteiger partial charge on any atom is -0.324 e. The van der Waals surface area contributed by atoms with E-state index in [-0.39, 0.29) is 6.04 Å². The highest BCUT2D eigenvalue weighted by Crippen LogP contribution is 2.39. The van der Waals surface area contributed by atoms with Gasteiger partial charge in [-0.25, -0.2) is 8.78 Å². The first kappa shape index (κ1) is 8.63. The number of rotatable bonds is 2. The molecule has 1 nitrogen and oxygen atoms in total. The van der Waals surface area contributed by atoms with Crippen LogP contribution in [-0.4, -0.2) is 0 Å². The van der Waals surface area contributed by atoms with Gasteiger partial charge in [-0.1, -0.05) is 0 Å². The fourth-order valence-corrected chi connectivity index (χ4v) is 1.50. The van der Waals surface area contributed by atoms with Crippen molar-refractivity contribution in [2.45, 2.75) is 18.9 Å². The Hall–Kier alpha value is -0.960. The topological polar surface area (TPSA) is 26.0 Å². The molecule has 0 aromatic heterocycles. The van der Waals surface area contributed by atoms with Crippen molar-refractivity contribution in [2.24, 2.45) is 11.7 Å². The van der Waals surface area contributed by atoms with E-state index in [1.165, 1.54) is 12.1 Å². The molecule has 0 amide bonds. The third-order valence-corrected chi connectivity index (χ3v) is 2.40. The van der Waals surface area contributed by atoms with Gasteiger partial charge in [0.25, 0.3) is 0 Å². The van der Waals surface area contributed by atoms with Gasteiger partial charge in [-0.3, -0.25) is 0 Å². The van der Waals surface area contributed by atoms with Crippen molar-refractivity contribution >= 4 is 0 Å². The predicted molar refractivity (Wildman–Crippen MR) is 46.0 cm³/mol. The summed E-state index contributed by atoms with van der Waals surface area (Å²) in [7, 11) is 0. The quantitative estimate of drug-likeness (QED) is 0.748. The highest BCUT2D eigenvalue weighted by Gasteiger charge is 2.29. The van der Waals surface area contributed by atoms with Crippen molar-refractivity contribution in [1.82, 2.24) is 0 Å². The lowest BCUT2D eigenvalue weighted by atomic mass is 10.0. The third-order valence-electron chi connectivity index (χ3n) is 2.40. The second-order valence-corrected chi connectivity index (χ2v) is 3.57. The SMILES string of the molecule is N[C@H](c1cc(F)cc(F)c1)C1CC1. The molecule has 1 atom stereocenters. The summed E-state index contributed by atoms with van der Waals surface area (Å²) in [5.74, 6) is -0.682. The molecule has 1 aromatic carbocycles. The fourth-order valence-electron chi connectivity index (χ4n) is 1.50. The van der Waals surface area contributed by atoms with Gasteiger partial charge in [0.1, 0.15) is 11.6 Å². The van der Waals surface area contributed by atoms with Gasteiger partial charge < -0.3 is 5.73 Å². The van der Waals surface area contributed by atoms with Crippen molar-refractivity contribution in [3.8, 4) is 0 Å². The monoisotopic (exact) mass is 183 g/mol. The van der Waals surface area contributed by atoms with E-state index in [4.69, 9.17) is 5.73 Å². The molecule has 1 aliphatic carbocycles. The first-order valence-electron chi connectivity index (χ1n) is 4.38. The van der Waals surface area contributed by atoms with Gasteiger partial charge in [-0.05, 0) is 36.5 Å². The van der Waals surface area contributed by atoms with E-state index in [9.17, 15) is 8.78 Å². The Bertz CT molecular complexity index is 300. The second kappa shape index (κ2) is 3.07. The van der Waals surface area contributed by atoms with Crippen LogP contribution in [0.15, 0.2) is 18.2 Å². The summed E-state index contributed by atoms with van der Waals surface area (Å²) in [6.45, 7) is 0. The predicted octanol–water partition coefficient (Wildman–Crippen LogP) is 2.37. The average Bonchev–Trinajstić information content (AvgIpc) is 2.83. The van der Waals surface area contributed by atoms with Crippen LogP contribution in [0.1, 0.15) is 24.4 Å². The van der Waals surface area contributed by atoms with Crippen LogP contribution < -0.4 is 5.73 Å². The minimum absolute atomic E-state index is 0.204. The molecule has 1 saturated carbocycles. The van der Waals surface area contributed by atoms with Crippen molar-refractivity contribution in [3.63, 3.8) is 0 Å². The molecule has 3 heteroatoms. The van der Waals surface area contributed by atoms with Crippen molar-refractivity contribution in [3.05, 3.63) is 35.4 Å². The molecule has 2 N–H and O–H groups in total. The molecule has 0 radical (unpaired) electrons. The van der Waals surface area contributed by atoms with Gasteiger partial charge in [-0.2, -0.15) is 0 Å². The molecule has 0 bridgehead atoms. The first-order chi connectivity index (χ1) is 6.16. The molecular formula is C10H11F2N. The lowest BCUT2D eigenvalue weighted by Crippen LogP contribution is -2.12. The van der Waals surface area contributed by atoms with Gasteiger partial charge in [0.15, 0.2) is 0 Å². The smallest absolute Gasteiger partial charge is 0.126 e. The van der Waals surface area contributed by atoms with Crippen LogP contribution in [0.2, 0.25) is 0 Å². The summed E-state index contributed by atoms with van der Waals surface area (Å²) in [5, 5.41) is 0. The maximum Gasteiger partial charge on any atom is 0.126 e. The lowest BCUT2D eigenvalue weighted by Gasteiger charge is -2.10. The van der Waals surface area contributed by atoms with Gasteiger partial charge in [0.05, 0.1) is 0 Å². The molecule has 0 spiro atoms. The third kappa shape index (κ3) is 1.86. The van der Waals surface area contributed by atoms with Gasteiger partial charge in [-0.15, -0.1) is 0 Å². The van der Waals surface area contributed by atoms with E-state index in [2.05, 4.69) is 0 Å². The van der Waals surface area contributed by atoms with Crippen molar-refractivity contribution in [1.29, 1.82) is 0 Å².